The van der Waals surface area contributed by atoms with E-state index < -0.39 is 17.5 Å². The smallest absolute Gasteiger partial charge is 0.196 e. The molecule has 9 heteroatoms. The first-order valence-corrected chi connectivity index (χ1v) is 8.54. The van der Waals surface area contributed by atoms with Gasteiger partial charge in [-0.1, -0.05) is 5.21 Å². The van der Waals surface area contributed by atoms with E-state index in [2.05, 4.69) is 15.3 Å². The second kappa shape index (κ2) is 6.87. The molecule has 1 aromatic carbocycles. The quantitative estimate of drug-likeness (QED) is 0.661. The van der Waals surface area contributed by atoms with Crippen molar-refractivity contribution in [1.82, 2.24) is 20.0 Å². The number of rotatable bonds is 3. The fourth-order valence-electron chi connectivity index (χ4n) is 3.58. The molecule has 1 saturated heterocycles. The van der Waals surface area contributed by atoms with Crippen molar-refractivity contribution in [3.05, 3.63) is 47.7 Å². The summed E-state index contributed by atoms with van der Waals surface area (Å²) in [6.07, 6.45) is 6.28. The second-order valence-electron chi connectivity index (χ2n) is 6.57. The molecule has 138 valence electrons. The molecule has 0 spiro atoms. The first-order valence-electron chi connectivity index (χ1n) is 8.54. The molecule has 0 unspecified atom stereocenters. The van der Waals surface area contributed by atoms with Gasteiger partial charge in [0.2, 0.25) is 0 Å². The monoisotopic (exact) mass is 372 g/mol. The number of anilines is 1. The normalized spacial score (nSPS) is 15.3. The van der Waals surface area contributed by atoms with Gasteiger partial charge in [-0.05, 0) is 24.8 Å². The Hall–Kier alpha value is -3.15. The highest BCUT2D eigenvalue weighted by Gasteiger charge is 2.26. The number of piperidine rings is 1. The van der Waals surface area contributed by atoms with Crippen LogP contribution in [0.3, 0.4) is 0 Å². The van der Waals surface area contributed by atoms with Crippen molar-refractivity contribution in [3.63, 3.8) is 0 Å². The summed E-state index contributed by atoms with van der Waals surface area (Å²) in [6.45, 7) is 1.95. The average Bonchev–Trinajstić information content (AvgIpc) is 3.19. The van der Waals surface area contributed by atoms with Crippen LogP contribution in [0.15, 0.2) is 24.7 Å². The fraction of sp³-hybridized carbons (Fsp3) is 0.333. The molecule has 2 aromatic heterocycles. The van der Waals surface area contributed by atoms with Crippen LogP contribution in [-0.2, 0) is 6.54 Å². The minimum atomic E-state index is -1.56. The number of halogens is 3. The molecule has 0 aliphatic carbocycles. The van der Waals surface area contributed by atoms with Gasteiger partial charge in [-0.25, -0.2) is 13.2 Å². The third-order valence-corrected chi connectivity index (χ3v) is 4.94. The number of hydrogen-bond acceptors (Lipinski definition) is 5. The summed E-state index contributed by atoms with van der Waals surface area (Å²) in [5.41, 5.74) is 0.342. The van der Waals surface area contributed by atoms with Crippen LogP contribution >= 0.6 is 0 Å². The van der Waals surface area contributed by atoms with Crippen LogP contribution in [0.2, 0.25) is 0 Å². The number of pyridine rings is 1. The first-order chi connectivity index (χ1) is 13.1. The number of nitrogens with zero attached hydrogens (tertiary/aromatic N) is 6. The maximum absolute atomic E-state index is 14.1. The molecule has 3 aromatic rings. The average molecular weight is 372 g/mol. The van der Waals surface area contributed by atoms with Gasteiger partial charge in [0.05, 0.1) is 17.4 Å². The summed E-state index contributed by atoms with van der Waals surface area (Å²) >= 11 is 0. The lowest BCUT2D eigenvalue weighted by atomic mass is 9.95. The Morgan fingerprint density at radius 2 is 1.96 bits per heavy atom. The lowest BCUT2D eigenvalue weighted by Crippen LogP contribution is -2.35. The molecule has 4 rings (SSSR count). The van der Waals surface area contributed by atoms with Gasteiger partial charge in [-0.15, -0.1) is 5.10 Å². The highest BCUT2D eigenvalue weighted by Crippen LogP contribution is 2.35. The predicted octanol–water partition coefficient (Wildman–Crippen LogP) is 3.03. The minimum Gasteiger partial charge on any atom is -0.370 e. The van der Waals surface area contributed by atoms with Crippen LogP contribution in [0.4, 0.5) is 18.9 Å². The van der Waals surface area contributed by atoms with Crippen molar-refractivity contribution >= 4 is 16.6 Å². The van der Waals surface area contributed by atoms with E-state index in [1.807, 2.05) is 11.0 Å². The third kappa shape index (κ3) is 3.07. The maximum Gasteiger partial charge on any atom is 0.196 e. The van der Waals surface area contributed by atoms with Crippen molar-refractivity contribution in [2.45, 2.75) is 19.4 Å². The predicted molar refractivity (Wildman–Crippen MR) is 91.3 cm³/mol. The molecule has 3 heterocycles. The van der Waals surface area contributed by atoms with E-state index in [0.29, 0.717) is 24.7 Å². The Labute approximate surface area is 152 Å². The first kappa shape index (κ1) is 17.3. The summed E-state index contributed by atoms with van der Waals surface area (Å²) < 4.78 is 43.3. The zero-order valence-corrected chi connectivity index (χ0v) is 14.2. The fourth-order valence-corrected chi connectivity index (χ4v) is 3.58. The van der Waals surface area contributed by atoms with Crippen molar-refractivity contribution in [1.29, 1.82) is 5.26 Å². The van der Waals surface area contributed by atoms with E-state index in [9.17, 15) is 18.4 Å². The number of benzene rings is 1. The largest absolute Gasteiger partial charge is 0.370 e. The van der Waals surface area contributed by atoms with Crippen molar-refractivity contribution in [2.24, 2.45) is 5.92 Å². The third-order valence-electron chi connectivity index (χ3n) is 4.94. The van der Waals surface area contributed by atoms with Gasteiger partial charge in [0.25, 0.3) is 0 Å². The van der Waals surface area contributed by atoms with Gasteiger partial charge in [0.1, 0.15) is 11.6 Å². The van der Waals surface area contributed by atoms with Crippen LogP contribution in [0.25, 0.3) is 10.9 Å². The Morgan fingerprint density at radius 3 is 2.63 bits per heavy atom. The van der Waals surface area contributed by atoms with Crippen LogP contribution in [0.1, 0.15) is 18.4 Å². The van der Waals surface area contributed by atoms with E-state index in [-0.39, 0.29) is 16.5 Å². The topological polar surface area (TPSA) is 70.6 Å². The van der Waals surface area contributed by atoms with E-state index in [1.54, 1.807) is 17.1 Å². The standard InChI is InChI=1S/C18H15F3N6/c19-14-7-13-17(16(21)15(14)20)23-9-12(8-22)18(13)26-4-1-11(2-5-26)10-27-6-3-24-25-27/h3,6-7,9,11H,1-2,4-5,10H2. The van der Waals surface area contributed by atoms with Gasteiger partial charge in [-0.2, -0.15) is 5.26 Å². The summed E-state index contributed by atoms with van der Waals surface area (Å²) in [5, 5.41) is 17.3. The molecule has 0 amide bonds. The molecule has 0 bridgehead atoms. The van der Waals surface area contributed by atoms with Crippen molar-refractivity contribution in [2.75, 3.05) is 18.0 Å². The number of nitriles is 1. The lowest BCUT2D eigenvalue weighted by molar-refractivity contribution is 0.339. The number of hydrogen-bond donors (Lipinski definition) is 0. The van der Waals surface area contributed by atoms with Gasteiger partial charge in [0, 0.05) is 37.4 Å². The Balaban J connectivity index is 1.66. The highest BCUT2D eigenvalue weighted by atomic mass is 19.2. The zero-order chi connectivity index (χ0) is 19.0. The van der Waals surface area contributed by atoms with Gasteiger partial charge < -0.3 is 4.90 Å². The summed E-state index contributed by atoms with van der Waals surface area (Å²) in [4.78, 5) is 5.74. The van der Waals surface area contributed by atoms with Crippen LogP contribution in [0, 0.1) is 34.7 Å². The highest BCUT2D eigenvalue weighted by molar-refractivity contribution is 5.95. The lowest BCUT2D eigenvalue weighted by Gasteiger charge is -2.34. The van der Waals surface area contributed by atoms with Gasteiger partial charge >= 0.3 is 0 Å². The van der Waals surface area contributed by atoms with Crippen LogP contribution in [-0.4, -0.2) is 33.1 Å². The van der Waals surface area contributed by atoms with E-state index >= 15 is 0 Å². The van der Waals surface area contributed by atoms with Crippen molar-refractivity contribution in [3.8, 4) is 6.07 Å². The Kier molecular flexibility index (Phi) is 4.39. The van der Waals surface area contributed by atoms with Crippen LogP contribution in [0.5, 0.6) is 0 Å². The van der Waals surface area contributed by atoms with Gasteiger partial charge in [0.15, 0.2) is 17.5 Å². The Bertz CT molecular complexity index is 1020. The molecule has 1 aliphatic rings. The molecule has 0 saturated carbocycles. The maximum atomic E-state index is 14.1. The summed E-state index contributed by atoms with van der Waals surface area (Å²) in [5.74, 6) is -3.80. The molecular weight excluding hydrogens is 357 g/mol. The molecular formula is C18H15F3N6. The van der Waals surface area contributed by atoms with E-state index in [0.717, 1.165) is 25.5 Å². The Morgan fingerprint density at radius 1 is 1.19 bits per heavy atom. The zero-order valence-electron chi connectivity index (χ0n) is 14.2. The SMILES string of the molecule is N#Cc1cnc2c(F)c(F)c(F)cc2c1N1CCC(Cn2ccnn2)CC1. The number of fused-ring (bicyclic) bond motifs is 1. The van der Waals surface area contributed by atoms with E-state index in [1.165, 1.54) is 6.20 Å². The van der Waals surface area contributed by atoms with Crippen LogP contribution < -0.4 is 4.90 Å². The van der Waals surface area contributed by atoms with E-state index in [4.69, 9.17) is 0 Å². The minimum absolute atomic E-state index is 0.111. The molecule has 0 radical (unpaired) electrons. The molecule has 1 aliphatic heterocycles. The molecule has 0 N–H and O–H groups in total. The molecule has 1 fully saturated rings. The number of aromatic nitrogens is 4. The second-order valence-corrected chi connectivity index (χ2v) is 6.57. The summed E-state index contributed by atoms with van der Waals surface area (Å²) in [6, 6.07) is 2.94. The molecule has 27 heavy (non-hydrogen) atoms. The van der Waals surface area contributed by atoms with Gasteiger partial charge in [-0.3, -0.25) is 9.67 Å². The van der Waals surface area contributed by atoms with Crippen molar-refractivity contribution < 1.29 is 13.2 Å². The molecule has 0 atom stereocenters. The summed E-state index contributed by atoms with van der Waals surface area (Å²) in [7, 11) is 0. The molecule has 6 nitrogen and oxygen atoms in total.